The highest BCUT2D eigenvalue weighted by Crippen LogP contribution is 2.59. The summed E-state index contributed by atoms with van der Waals surface area (Å²) in [6, 6.07) is 19.1. The van der Waals surface area contributed by atoms with Gasteiger partial charge >= 0.3 is 0 Å². The molecule has 3 aromatic rings. The number of para-hydroxylation sites is 1. The molecular formula is C33H26Br2N2O6. The Morgan fingerprint density at radius 3 is 1.86 bits per heavy atom. The molecule has 43 heavy (non-hydrogen) atoms. The van der Waals surface area contributed by atoms with Crippen LogP contribution in [0.2, 0.25) is 0 Å². The SMILES string of the molecule is COc1cccc([C@H]2C3=CC[C@@H]4C(=O)N(c5ccc(Br)cc5)C(=O)[C@@H]4[C@@H]3C[C@H]3C(=O)N(c4ccc(Br)cc4)C(=O)[C@@H]23)c1O. The number of fused-ring (bicyclic) bond motifs is 4. The largest absolute Gasteiger partial charge is 0.504 e. The van der Waals surface area contributed by atoms with Gasteiger partial charge in [-0.3, -0.25) is 29.0 Å². The van der Waals surface area contributed by atoms with Gasteiger partial charge in [-0.25, -0.2) is 0 Å². The second-order valence-electron chi connectivity index (χ2n) is 11.4. The monoisotopic (exact) mass is 704 g/mol. The van der Waals surface area contributed by atoms with Crippen molar-refractivity contribution < 1.29 is 29.0 Å². The highest BCUT2D eigenvalue weighted by molar-refractivity contribution is 9.10. The van der Waals surface area contributed by atoms with Crippen molar-refractivity contribution >= 4 is 66.9 Å². The zero-order chi connectivity index (χ0) is 30.2. The van der Waals surface area contributed by atoms with Crippen molar-refractivity contribution in [2.45, 2.75) is 18.8 Å². The molecule has 2 aliphatic heterocycles. The molecule has 0 aromatic heterocycles. The van der Waals surface area contributed by atoms with Gasteiger partial charge in [0.25, 0.3) is 0 Å². The lowest BCUT2D eigenvalue weighted by Crippen LogP contribution is -2.43. The van der Waals surface area contributed by atoms with E-state index in [0.717, 1.165) is 14.5 Å². The molecule has 2 saturated heterocycles. The van der Waals surface area contributed by atoms with Gasteiger partial charge in [0.15, 0.2) is 11.5 Å². The molecule has 0 spiro atoms. The molecule has 1 saturated carbocycles. The van der Waals surface area contributed by atoms with Crippen molar-refractivity contribution in [3.05, 3.63) is 92.9 Å². The molecule has 0 bridgehead atoms. The number of benzene rings is 3. The molecule has 3 aromatic carbocycles. The maximum absolute atomic E-state index is 14.2. The van der Waals surface area contributed by atoms with Crippen molar-refractivity contribution in [1.82, 2.24) is 0 Å². The molecule has 2 aliphatic carbocycles. The number of hydrogen-bond acceptors (Lipinski definition) is 6. The lowest BCUT2D eigenvalue weighted by atomic mass is 9.57. The first-order valence-electron chi connectivity index (χ1n) is 14.0. The highest BCUT2D eigenvalue weighted by atomic mass is 79.9. The Kier molecular flexibility index (Phi) is 6.81. The van der Waals surface area contributed by atoms with Gasteiger partial charge in [0.05, 0.1) is 42.2 Å². The molecule has 3 fully saturated rings. The van der Waals surface area contributed by atoms with Crippen molar-refractivity contribution in [2.24, 2.45) is 29.6 Å². The maximum atomic E-state index is 14.2. The van der Waals surface area contributed by atoms with Crippen LogP contribution in [-0.2, 0) is 19.2 Å². The number of nitrogens with zero attached hydrogens (tertiary/aromatic N) is 2. The third-order valence-electron chi connectivity index (χ3n) is 9.40. The standard InChI is InChI=1S/C33H26Br2N2O6/c1-43-25-4-2-3-21(29(25)38)26-20-13-14-22-27(32(41)36(30(22)39)18-9-5-16(34)6-10-18)23(20)15-24-28(26)33(42)37(31(24)40)19-11-7-17(35)8-12-19/h2-13,22-24,26-28,38H,14-15H2,1H3/t22-,23+,24+,26+,27-,28+/m0/s1. The fourth-order valence-corrected chi connectivity index (χ4v) is 8.11. The summed E-state index contributed by atoms with van der Waals surface area (Å²) in [5, 5.41) is 11.3. The third kappa shape index (κ3) is 4.21. The number of ether oxygens (including phenoxy) is 1. The molecule has 2 heterocycles. The normalized spacial score (nSPS) is 28.0. The van der Waals surface area contributed by atoms with E-state index in [1.165, 1.54) is 16.9 Å². The zero-order valence-electron chi connectivity index (χ0n) is 22.9. The van der Waals surface area contributed by atoms with Crippen LogP contribution in [0.3, 0.4) is 0 Å². The van der Waals surface area contributed by atoms with Crippen LogP contribution in [0.15, 0.2) is 87.3 Å². The second kappa shape index (κ2) is 10.4. The predicted octanol–water partition coefficient (Wildman–Crippen LogP) is 5.97. The van der Waals surface area contributed by atoms with E-state index in [1.54, 1.807) is 66.7 Å². The molecule has 7 rings (SSSR count). The van der Waals surface area contributed by atoms with Crippen molar-refractivity contribution in [3.63, 3.8) is 0 Å². The topological polar surface area (TPSA) is 104 Å². The number of amides is 4. The molecule has 4 amide bonds. The highest BCUT2D eigenvalue weighted by Gasteiger charge is 2.62. The summed E-state index contributed by atoms with van der Waals surface area (Å²) in [6.45, 7) is 0. The maximum Gasteiger partial charge on any atom is 0.238 e. The van der Waals surface area contributed by atoms with Crippen molar-refractivity contribution in [3.8, 4) is 11.5 Å². The number of carbonyl (C=O) groups is 4. The van der Waals surface area contributed by atoms with Gasteiger partial charge in [0.2, 0.25) is 23.6 Å². The number of imide groups is 2. The molecule has 0 radical (unpaired) electrons. The van der Waals surface area contributed by atoms with Crippen LogP contribution < -0.4 is 14.5 Å². The summed E-state index contributed by atoms with van der Waals surface area (Å²) in [7, 11) is 1.45. The number of aromatic hydroxyl groups is 1. The number of carbonyl (C=O) groups excluding carboxylic acids is 4. The first-order valence-corrected chi connectivity index (χ1v) is 15.6. The average Bonchev–Trinajstić information content (AvgIpc) is 3.41. The van der Waals surface area contributed by atoms with Crippen LogP contribution in [0.5, 0.6) is 11.5 Å². The zero-order valence-corrected chi connectivity index (χ0v) is 26.1. The number of phenolic OH excluding ortho intramolecular Hbond substituents is 1. The predicted molar refractivity (Wildman–Crippen MR) is 165 cm³/mol. The van der Waals surface area contributed by atoms with Crippen LogP contribution in [0.4, 0.5) is 11.4 Å². The molecule has 6 atom stereocenters. The number of allylic oxidation sites excluding steroid dienone is 2. The van der Waals surface area contributed by atoms with E-state index < -0.39 is 35.5 Å². The number of rotatable bonds is 4. The van der Waals surface area contributed by atoms with Crippen LogP contribution in [0.1, 0.15) is 24.3 Å². The van der Waals surface area contributed by atoms with E-state index in [1.807, 2.05) is 6.08 Å². The minimum atomic E-state index is -0.789. The van der Waals surface area contributed by atoms with Gasteiger partial charge in [-0.05, 0) is 73.4 Å². The van der Waals surface area contributed by atoms with E-state index in [-0.39, 0.29) is 41.5 Å². The summed E-state index contributed by atoms with van der Waals surface area (Å²) < 4.78 is 7.04. The Morgan fingerprint density at radius 1 is 0.721 bits per heavy atom. The number of hydrogen-bond donors (Lipinski definition) is 1. The summed E-state index contributed by atoms with van der Waals surface area (Å²) in [6.07, 6.45) is 2.54. The molecule has 218 valence electrons. The van der Waals surface area contributed by atoms with Gasteiger partial charge < -0.3 is 9.84 Å². The van der Waals surface area contributed by atoms with E-state index in [4.69, 9.17) is 4.74 Å². The minimum absolute atomic E-state index is 0.106. The van der Waals surface area contributed by atoms with Gasteiger partial charge in [-0.15, -0.1) is 0 Å². The molecule has 8 nitrogen and oxygen atoms in total. The Balaban J connectivity index is 1.35. The Morgan fingerprint density at radius 2 is 1.28 bits per heavy atom. The molecule has 4 aliphatic rings. The van der Waals surface area contributed by atoms with E-state index >= 15 is 0 Å². The summed E-state index contributed by atoms with van der Waals surface area (Å²) >= 11 is 6.81. The summed E-state index contributed by atoms with van der Waals surface area (Å²) in [5.74, 6) is -5.04. The van der Waals surface area contributed by atoms with Crippen molar-refractivity contribution in [1.29, 1.82) is 0 Å². The Hall–Kier alpha value is -3.76. The fourth-order valence-electron chi connectivity index (χ4n) is 7.58. The van der Waals surface area contributed by atoms with E-state index in [9.17, 15) is 24.3 Å². The van der Waals surface area contributed by atoms with Gasteiger partial charge in [-0.2, -0.15) is 0 Å². The van der Waals surface area contributed by atoms with Crippen LogP contribution in [0.25, 0.3) is 0 Å². The lowest BCUT2D eigenvalue weighted by Gasteiger charge is -2.44. The van der Waals surface area contributed by atoms with E-state index in [2.05, 4.69) is 31.9 Å². The summed E-state index contributed by atoms with van der Waals surface area (Å²) in [5.41, 5.74) is 2.23. The van der Waals surface area contributed by atoms with Crippen LogP contribution >= 0.6 is 31.9 Å². The van der Waals surface area contributed by atoms with Gasteiger partial charge in [-0.1, -0.05) is 55.6 Å². The lowest BCUT2D eigenvalue weighted by molar-refractivity contribution is -0.126. The number of methoxy groups -OCH3 is 1. The molecule has 0 unspecified atom stereocenters. The summed E-state index contributed by atoms with van der Waals surface area (Å²) in [4.78, 5) is 58.5. The first-order chi connectivity index (χ1) is 20.7. The second-order valence-corrected chi connectivity index (χ2v) is 13.2. The first kappa shape index (κ1) is 28.0. The van der Waals surface area contributed by atoms with Crippen molar-refractivity contribution in [2.75, 3.05) is 16.9 Å². The number of phenols is 1. The number of halogens is 2. The third-order valence-corrected chi connectivity index (χ3v) is 10.5. The molecular weight excluding hydrogens is 680 g/mol. The quantitative estimate of drug-likeness (QED) is 0.265. The van der Waals surface area contributed by atoms with Gasteiger partial charge in [0, 0.05) is 20.4 Å². The fraction of sp³-hybridized carbons (Fsp3) is 0.273. The van der Waals surface area contributed by atoms with Crippen LogP contribution in [-0.4, -0.2) is 35.8 Å². The smallest absolute Gasteiger partial charge is 0.238 e. The van der Waals surface area contributed by atoms with Gasteiger partial charge in [0.1, 0.15) is 0 Å². The van der Waals surface area contributed by atoms with E-state index in [0.29, 0.717) is 23.4 Å². The average molecular weight is 706 g/mol. The minimum Gasteiger partial charge on any atom is -0.504 e. The Bertz CT molecular complexity index is 1720. The number of anilines is 2. The molecule has 1 N–H and O–H groups in total. The Labute approximate surface area is 264 Å². The molecule has 10 heteroatoms. The van der Waals surface area contributed by atoms with Crippen LogP contribution in [0, 0.1) is 29.6 Å².